The summed E-state index contributed by atoms with van der Waals surface area (Å²) in [5.74, 6) is 0. The van der Waals surface area contributed by atoms with Crippen molar-refractivity contribution in [1.29, 1.82) is 0 Å². The number of benzene rings is 1. The smallest absolute Gasteiger partial charge is 0.0708 e. The molecule has 0 fully saturated rings. The van der Waals surface area contributed by atoms with Crippen molar-refractivity contribution in [3.63, 3.8) is 0 Å². The fourth-order valence-corrected chi connectivity index (χ4v) is 1.86. The van der Waals surface area contributed by atoms with E-state index in [4.69, 9.17) is 0 Å². The lowest BCUT2D eigenvalue weighted by atomic mass is 10.1. The van der Waals surface area contributed by atoms with Crippen LogP contribution in [0.5, 0.6) is 0 Å². The molecule has 15 heavy (non-hydrogen) atoms. The Morgan fingerprint density at radius 3 is 2.67 bits per heavy atom. The van der Waals surface area contributed by atoms with Gasteiger partial charge in [-0.15, -0.1) is 35.5 Å². The third-order valence-electron chi connectivity index (χ3n) is 2.00. The van der Waals surface area contributed by atoms with Crippen molar-refractivity contribution in [2.75, 3.05) is 0 Å². The highest BCUT2D eigenvalue weighted by molar-refractivity contribution is 7.81. The summed E-state index contributed by atoms with van der Waals surface area (Å²) in [5.41, 5.74) is 1.99. The summed E-state index contributed by atoms with van der Waals surface area (Å²) in [6.45, 7) is 0. The number of aromatic nitrogens is 3. The topological polar surface area (TPSA) is 38.7 Å². The Morgan fingerprint density at radius 1 is 1.13 bits per heavy atom. The lowest BCUT2D eigenvalue weighted by molar-refractivity contribution is 0.817. The van der Waals surface area contributed by atoms with E-state index in [9.17, 15) is 0 Å². The Bertz CT molecular complexity index is 459. The van der Waals surface area contributed by atoms with Gasteiger partial charge in [0.15, 0.2) is 0 Å². The first kappa shape index (κ1) is 10.4. The maximum Gasteiger partial charge on any atom is 0.0708 e. The molecule has 1 aromatic carbocycles. The summed E-state index contributed by atoms with van der Waals surface area (Å²) in [4.78, 5) is 1.82. The van der Waals surface area contributed by atoms with Crippen molar-refractivity contribution in [1.82, 2.24) is 15.4 Å². The summed E-state index contributed by atoms with van der Waals surface area (Å²) in [6, 6.07) is 7.69. The van der Waals surface area contributed by atoms with Crippen molar-refractivity contribution >= 4 is 25.3 Å². The average Bonchev–Trinajstić information content (AvgIpc) is 2.24. The van der Waals surface area contributed by atoms with Crippen LogP contribution >= 0.6 is 25.3 Å². The van der Waals surface area contributed by atoms with E-state index in [-0.39, 0.29) is 0 Å². The molecule has 0 N–H and O–H groups in total. The molecule has 5 heteroatoms. The first-order chi connectivity index (χ1) is 7.25. The van der Waals surface area contributed by atoms with Crippen LogP contribution in [-0.4, -0.2) is 15.4 Å². The standard InChI is InChI=1S/C10H9N3S2/c14-9-2-1-7(10(15)6-9)5-8-3-4-11-13-12-8/h1-4,6,14-15H,5H2. The summed E-state index contributed by atoms with van der Waals surface area (Å²) < 4.78 is 0. The number of thiol groups is 2. The second kappa shape index (κ2) is 4.63. The monoisotopic (exact) mass is 235 g/mol. The van der Waals surface area contributed by atoms with E-state index in [1.165, 1.54) is 0 Å². The Balaban J connectivity index is 2.25. The predicted molar refractivity (Wildman–Crippen MR) is 63.6 cm³/mol. The third-order valence-corrected chi connectivity index (χ3v) is 2.69. The molecule has 0 saturated heterocycles. The van der Waals surface area contributed by atoms with Crippen LogP contribution in [0.1, 0.15) is 11.3 Å². The molecule has 2 aromatic rings. The Kier molecular flexibility index (Phi) is 3.23. The van der Waals surface area contributed by atoms with Crippen LogP contribution in [0.15, 0.2) is 40.3 Å². The molecule has 76 valence electrons. The zero-order chi connectivity index (χ0) is 10.7. The van der Waals surface area contributed by atoms with Crippen LogP contribution in [0.4, 0.5) is 0 Å². The predicted octanol–water partition coefficient (Wildman–Crippen LogP) is 2.04. The van der Waals surface area contributed by atoms with Gasteiger partial charge < -0.3 is 0 Å². The Morgan fingerprint density at radius 2 is 2.00 bits per heavy atom. The molecular weight excluding hydrogens is 226 g/mol. The highest BCUT2D eigenvalue weighted by Gasteiger charge is 2.02. The van der Waals surface area contributed by atoms with Crippen molar-refractivity contribution in [2.24, 2.45) is 0 Å². The second-order valence-electron chi connectivity index (χ2n) is 3.10. The normalized spacial score (nSPS) is 10.3. The van der Waals surface area contributed by atoms with Crippen LogP contribution in [0.3, 0.4) is 0 Å². The quantitative estimate of drug-likeness (QED) is 0.782. The van der Waals surface area contributed by atoms with Crippen molar-refractivity contribution < 1.29 is 0 Å². The largest absolute Gasteiger partial charge is 0.143 e. The van der Waals surface area contributed by atoms with Crippen LogP contribution in [0.25, 0.3) is 0 Å². The van der Waals surface area contributed by atoms with Crippen LogP contribution in [0, 0.1) is 0 Å². The summed E-state index contributed by atoms with van der Waals surface area (Å²) in [6.07, 6.45) is 2.34. The van der Waals surface area contributed by atoms with Gasteiger partial charge in [0, 0.05) is 16.2 Å². The lowest BCUT2D eigenvalue weighted by Crippen LogP contribution is -1.96. The molecular formula is C10H9N3S2. The van der Waals surface area contributed by atoms with Crippen LogP contribution in [-0.2, 0) is 6.42 Å². The number of nitrogens with zero attached hydrogens (tertiary/aromatic N) is 3. The Hall–Kier alpha value is -1.07. The highest BCUT2D eigenvalue weighted by atomic mass is 32.1. The minimum absolute atomic E-state index is 0.711. The fraction of sp³-hybridized carbons (Fsp3) is 0.100. The van der Waals surface area contributed by atoms with Gasteiger partial charge in [-0.25, -0.2) is 0 Å². The highest BCUT2D eigenvalue weighted by Crippen LogP contribution is 2.20. The van der Waals surface area contributed by atoms with Crippen molar-refractivity contribution in [2.45, 2.75) is 16.2 Å². The Labute approximate surface area is 98.8 Å². The molecule has 0 atom stereocenters. The van der Waals surface area contributed by atoms with E-state index >= 15 is 0 Å². The molecule has 1 heterocycles. The fourth-order valence-electron chi connectivity index (χ4n) is 1.26. The van der Waals surface area contributed by atoms with Gasteiger partial charge in [0.25, 0.3) is 0 Å². The molecule has 0 bridgehead atoms. The zero-order valence-electron chi connectivity index (χ0n) is 7.83. The van der Waals surface area contributed by atoms with Crippen molar-refractivity contribution in [3.8, 4) is 0 Å². The minimum Gasteiger partial charge on any atom is -0.143 e. The minimum atomic E-state index is 0.711. The first-order valence-electron chi connectivity index (χ1n) is 4.40. The second-order valence-corrected chi connectivity index (χ2v) is 4.10. The van der Waals surface area contributed by atoms with E-state index in [0.717, 1.165) is 21.0 Å². The van der Waals surface area contributed by atoms with E-state index in [1.54, 1.807) is 6.20 Å². The SMILES string of the molecule is Sc1ccc(Cc2ccnnn2)c(S)c1. The van der Waals surface area contributed by atoms with Gasteiger partial charge in [-0.05, 0) is 29.0 Å². The maximum absolute atomic E-state index is 4.39. The molecule has 3 nitrogen and oxygen atoms in total. The molecule has 0 aliphatic rings. The van der Waals surface area contributed by atoms with Gasteiger partial charge in [-0.3, -0.25) is 0 Å². The molecule has 0 radical (unpaired) electrons. The van der Waals surface area contributed by atoms with Gasteiger partial charge in [0.05, 0.1) is 11.9 Å². The van der Waals surface area contributed by atoms with Crippen LogP contribution < -0.4 is 0 Å². The summed E-state index contributed by atoms with van der Waals surface area (Å²) in [5, 5.41) is 11.1. The number of hydrogen-bond donors (Lipinski definition) is 2. The number of rotatable bonds is 2. The van der Waals surface area contributed by atoms with Gasteiger partial charge in [-0.2, -0.15) is 0 Å². The van der Waals surface area contributed by atoms with Gasteiger partial charge in [-0.1, -0.05) is 6.07 Å². The molecule has 0 unspecified atom stereocenters. The molecule has 0 aliphatic heterocycles. The molecule has 2 rings (SSSR count). The van der Waals surface area contributed by atoms with E-state index in [0.29, 0.717) is 6.42 Å². The summed E-state index contributed by atoms with van der Waals surface area (Å²) in [7, 11) is 0. The van der Waals surface area contributed by atoms with Crippen molar-refractivity contribution in [3.05, 3.63) is 41.7 Å². The maximum atomic E-state index is 4.39. The molecule has 0 spiro atoms. The van der Waals surface area contributed by atoms with E-state index in [1.807, 2.05) is 24.3 Å². The van der Waals surface area contributed by atoms with Gasteiger partial charge in [0.2, 0.25) is 0 Å². The van der Waals surface area contributed by atoms with Gasteiger partial charge in [0.1, 0.15) is 0 Å². The third kappa shape index (κ3) is 2.70. The lowest BCUT2D eigenvalue weighted by Gasteiger charge is -2.04. The molecule has 0 aliphatic carbocycles. The van der Waals surface area contributed by atoms with E-state index in [2.05, 4.69) is 40.7 Å². The average molecular weight is 235 g/mol. The molecule has 0 amide bonds. The first-order valence-corrected chi connectivity index (χ1v) is 5.29. The van der Waals surface area contributed by atoms with Gasteiger partial charge >= 0.3 is 0 Å². The molecule has 0 saturated carbocycles. The summed E-state index contributed by atoms with van der Waals surface area (Å²) >= 11 is 8.63. The molecule has 1 aromatic heterocycles. The van der Waals surface area contributed by atoms with Crippen LogP contribution in [0.2, 0.25) is 0 Å². The number of hydrogen-bond acceptors (Lipinski definition) is 5. The zero-order valence-corrected chi connectivity index (χ0v) is 9.62. The van der Waals surface area contributed by atoms with E-state index < -0.39 is 0 Å².